The predicted octanol–water partition coefficient (Wildman–Crippen LogP) is 8.52. The Morgan fingerprint density at radius 3 is 2.21 bits per heavy atom. The van der Waals surface area contributed by atoms with Crippen LogP contribution in [0.4, 0.5) is 24.5 Å². The zero-order valence-electron chi connectivity index (χ0n) is 21.9. The summed E-state index contributed by atoms with van der Waals surface area (Å²) in [7, 11) is -3.36. The van der Waals surface area contributed by atoms with Crippen molar-refractivity contribution < 1.29 is 36.9 Å². The number of aliphatic carboxylic acids is 1. The van der Waals surface area contributed by atoms with E-state index >= 15 is 0 Å². The number of rotatable bonds is 11. The molecule has 0 radical (unpaired) electrons. The zero-order valence-corrected chi connectivity index (χ0v) is 23.5. The second kappa shape index (κ2) is 12.4. The second-order valence-electron chi connectivity index (χ2n) is 9.80. The molecule has 2 aromatic carbocycles. The quantitative estimate of drug-likeness (QED) is 0.231. The van der Waals surface area contributed by atoms with Crippen LogP contribution in [-0.2, 0) is 11.0 Å². The van der Waals surface area contributed by atoms with E-state index < -0.39 is 40.3 Å². The summed E-state index contributed by atoms with van der Waals surface area (Å²) in [5, 5.41) is 9.11. The number of fused-ring (bicyclic) bond motifs is 1. The Morgan fingerprint density at radius 2 is 1.71 bits per heavy atom. The predicted molar refractivity (Wildman–Crippen MR) is 147 cm³/mol. The van der Waals surface area contributed by atoms with E-state index in [4.69, 9.17) is 9.84 Å². The highest BCUT2D eigenvalue weighted by Crippen LogP contribution is 2.62. The van der Waals surface area contributed by atoms with Gasteiger partial charge in [-0.1, -0.05) is 39.5 Å². The Morgan fingerprint density at radius 1 is 1.11 bits per heavy atom. The molecule has 38 heavy (non-hydrogen) atoms. The van der Waals surface area contributed by atoms with Gasteiger partial charge in [-0.3, -0.25) is 9.11 Å². The van der Waals surface area contributed by atoms with E-state index in [1.54, 1.807) is 12.3 Å². The van der Waals surface area contributed by atoms with Gasteiger partial charge in [-0.2, -0.15) is 23.8 Å². The summed E-state index contributed by atoms with van der Waals surface area (Å²) in [6.45, 7) is 3.96. The molecule has 0 fully saturated rings. The summed E-state index contributed by atoms with van der Waals surface area (Å²) in [5.74, 6) is -0.829. The minimum atomic E-state index is -4.47. The molecule has 3 rings (SSSR count). The average molecular weight is 576 g/mol. The number of carboxylic acids is 1. The standard InChI is InChI=1S/C27H36F3NO5S2/c1-4-6-12-26(13-7-5-2)17-31(20-10-8-19(9-11-20)27(28,29)30)21-14-23(37-3)22(36-16-25(32)33)15-24(21)38(34,35)18-26/h8-11,14-15,34-35H,4-7,12-13,16-18H2,1-3H3,(H,32,33). The van der Waals surface area contributed by atoms with Gasteiger partial charge in [0.05, 0.1) is 21.0 Å². The molecule has 0 bridgehead atoms. The van der Waals surface area contributed by atoms with Gasteiger partial charge in [0, 0.05) is 29.5 Å². The molecule has 1 heterocycles. The van der Waals surface area contributed by atoms with Gasteiger partial charge >= 0.3 is 12.1 Å². The van der Waals surface area contributed by atoms with Crippen LogP contribution in [-0.4, -0.2) is 45.3 Å². The largest absolute Gasteiger partial charge is 0.481 e. The molecule has 1 aliphatic heterocycles. The van der Waals surface area contributed by atoms with E-state index in [-0.39, 0.29) is 16.4 Å². The molecule has 0 aliphatic carbocycles. The number of benzene rings is 2. The van der Waals surface area contributed by atoms with Crippen molar-refractivity contribution in [2.75, 3.05) is 30.1 Å². The second-order valence-corrected chi connectivity index (χ2v) is 12.7. The summed E-state index contributed by atoms with van der Waals surface area (Å²) in [6, 6.07) is 8.13. The number of carboxylic acid groups (broad SMARTS) is 1. The van der Waals surface area contributed by atoms with Crippen LogP contribution < -0.4 is 9.64 Å². The SMILES string of the molecule is CCCCC1(CCCC)CN(c2ccc(C(F)(F)F)cc2)c2cc(SC)c(OCC(=O)O)cc2S(O)(O)C1. The lowest BCUT2D eigenvalue weighted by Crippen LogP contribution is -2.38. The van der Waals surface area contributed by atoms with Crippen LogP contribution in [0.25, 0.3) is 0 Å². The van der Waals surface area contributed by atoms with E-state index in [1.807, 2.05) is 4.90 Å². The Hall–Kier alpha value is -2.08. The third-order valence-electron chi connectivity index (χ3n) is 6.87. The number of anilines is 2. The molecule has 0 unspecified atom stereocenters. The van der Waals surface area contributed by atoms with Crippen LogP contribution in [0.3, 0.4) is 0 Å². The molecule has 0 spiro atoms. The van der Waals surface area contributed by atoms with Gasteiger partial charge in [-0.15, -0.1) is 11.8 Å². The Labute approximate surface area is 227 Å². The maximum atomic E-state index is 13.3. The molecular formula is C27H36F3NO5S2. The smallest absolute Gasteiger partial charge is 0.416 e. The Kier molecular flexibility index (Phi) is 9.94. The Balaban J connectivity index is 2.24. The molecule has 0 saturated heterocycles. The van der Waals surface area contributed by atoms with Gasteiger partial charge in [0.15, 0.2) is 6.61 Å². The number of hydrogen-bond acceptors (Lipinski definition) is 6. The van der Waals surface area contributed by atoms with E-state index in [0.717, 1.165) is 50.7 Å². The van der Waals surface area contributed by atoms with Crippen LogP contribution in [0, 0.1) is 5.41 Å². The number of alkyl halides is 3. The lowest BCUT2D eigenvalue weighted by atomic mass is 9.79. The van der Waals surface area contributed by atoms with Crippen molar-refractivity contribution in [3.8, 4) is 5.75 Å². The number of carbonyl (C=O) groups is 1. The zero-order chi connectivity index (χ0) is 28.1. The number of ether oxygens (including phenoxy) is 1. The summed E-state index contributed by atoms with van der Waals surface area (Å²) >= 11 is 1.31. The lowest BCUT2D eigenvalue weighted by molar-refractivity contribution is -0.139. The molecule has 0 amide bonds. The fourth-order valence-electron chi connectivity index (χ4n) is 4.98. The molecule has 2 aromatic rings. The van der Waals surface area contributed by atoms with Crippen molar-refractivity contribution in [2.45, 2.75) is 68.3 Å². The maximum Gasteiger partial charge on any atom is 0.416 e. The number of nitrogens with zero attached hydrogens (tertiary/aromatic N) is 1. The highest BCUT2D eigenvalue weighted by atomic mass is 32.3. The van der Waals surface area contributed by atoms with Gasteiger partial charge in [0.25, 0.3) is 0 Å². The maximum absolute atomic E-state index is 13.3. The van der Waals surface area contributed by atoms with Crippen LogP contribution >= 0.6 is 22.4 Å². The van der Waals surface area contributed by atoms with Crippen molar-refractivity contribution >= 4 is 39.7 Å². The fourth-order valence-corrected chi connectivity index (χ4v) is 7.72. The van der Waals surface area contributed by atoms with Crippen LogP contribution in [0.2, 0.25) is 0 Å². The monoisotopic (exact) mass is 575 g/mol. The summed E-state index contributed by atoms with van der Waals surface area (Å²) < 4.78 is 68.6. The highest BCUT2D eigenvalue weighted by Gasteiger charge is 2.43. The molecular weight excluding hydrogens is 539 g/mol. The first-order valence-corrected chi connectivity index (χ1v) is 15.6. The highest BCUT2D eigenvalue weighted by molar-refractivity contribution is 8.24. The molecule has 212 valence electrons. The van der Waals surface area contributed by atoms with Crippen molar-refractivity contribution in [1.29, 1.82) is 0 Å². The van der Waals surface area contributed by atoms with Gasteiger partial charge < -0.3 is 14.7 Å². The van der Waals surface area contributed by atoms with Gasteiger partial charge in [-0.25, -0.2) is 4.79 Å². The Bertz CT molecular complexity index is 1100. The lowest BCUT2D eigenvalue weighted by Gasteiger charge is -2.42. The molecule has 0 aromatic heterocycles. The van der Waals surface area contributed by atoms with E-state index in [9.17, 15) is 27.1 Å². The van der Waals surface area contributed by atoms with Gasteiger partial charge in [0.2, 0.25) is 0 Å². The first-order valence-electron chi connectivity index (χ1n) is 12.6. The fraction of sp³-hybridized carbons (Fsp3) is 0.519. The van der Waals surface area contributed by atoms with E-state index in [1.165, 1.54) is 30.0 Å². The van der Waals surface area contributed by atoms with Crippen molar-refractivity contribution in [3.05, 3.63) is 42.0 Å². The molecule has 11 heteroatoms. The summed E-state index contributed by atoms with van der Waals surface area (Å²) in [4.78, 5) is 13.8. The molecule has 1 aliphatic rings. The summed E-state index contributed by atoms with van der Waals surface area (Å²) in [6.07, 6.45) is 2.38. The van der Waals surface area contributed by atoms with E-state index in [0.29, 0.717) is 22.8 Å². The van der Waals surface area contributed by atoms with Gasteiger partial charge in [-0.05, 0) is 49.4 Å². The van der Waals surface area contributed by atoms with Crippen molar-refractivity contribution in [2.24, 2.45) is 5.41 Å². The van der Waals surface area contributed by atoms with Crippen LogP contribution in [0.1, 0.15) is 57.9 Å². The molecule has 0 saturated carbocycles. The summed E-state index contributed by atoms with van der Waals surface area (Å²) in [5.41, 5.74) is -0.258. The molecule has 3 N–H and O–H groups in total. The molecule has 6 nitrogen and oxygen atoms in total. The number of hydrogen-bond donors (Lipinski definition) is 3. The number of halogens is 3. The van der Waals surface area contributed by atoms with Gasteiger partial charge in [0.1, 0.15) is 5.75 Å². The third kappa shape index (κ3) is 7.11. The van der Waals surface area contributed by atoms with Crippen LogP contribution in [0.15, 0.2) is 46.2 Å². The number of unbranched alkanes of at least 4 members (excludes halogenated alkanes) is 2. The van der Waals surface area contributed by atoms with Crippen LogP contribution in [0.5, 0.6) is 5.75 Å². The third-order valence-corrected chi connectivity index (χ3v) is 9.67. The first-order chi connectivity index (χ1) is 17.9. The first kappa shape index (κ1) is 30.5. The normalized spacial score (nSPS) is 17.4. The topological polar surface area (TPSA) is 90.2 Å². The van der Waals surface area contributed by atoms with E-state index in [2.05, 4.69) is 13.8 Å². The molecule has 0 atom stereocenters. The minimum absolute atomic E-state index is 0.112. The average Bonchev–Trinajstić information content (AvgIpc) is 2.96. The van der Waals surface area contributed by atoms with Crippen molar-refractivity contribution in [1.82, 2.24) is 0 Å². The minimum Gasteiger partial charge on any atom is -0.481 e. The van der Waals surface area contributed by atoms with Crippen molar-refractivity contribution in [3.63, 3.8) is 0 Å². The number of thioether (sulfide) groups is 1.